The molecule has 2 heterocycles. The Morgan fingerprint density at radius 3 is 2.77 bits per heavy atom. The lowest BCUT2D eigenvalue weighted by Crippen LogP contribution is -2.45. The molecule has 1 aliphatic heterocycles. The van der Waals surface area contributed by atoms with E-state index in [0.29, 0.717) is 25.0 Å². The van der Waals surface area contributed by atoms with Gasteiger partial charge in [0.1, 0.15) is 17.5 Å². The molecule has 2 aromatic rings. The number of aryl methyl sites for hydroxylation is 2. The summed E-state index contributed by atoms with van der Waals surface area (Å²) < 4.78 is 16.8. The molecule has 2 atom stereocenters. The maximum absolute atomic E-state index is 12.9. The molecular weight excluding hydrogens is 448 g/mol. The van der Waals surface area contributed by atoms with Crippen LogP contribution in [0, 0.1) is 0 Å². The van der Waals surface area contributed by atoms with Crippen LogP contribution < -0.4 is 4.74 Å². The number of aromatic nitrogens is 1. The summed E-state index contributed by atoms with van der Waals surface area (Å²) in [5.74, 6) is 0.579. The molecule has 3 rings (SSSR count). The molecule has 0 aliphatic carbocycles. The molecule has 2 unspecified atom stereocenters. The third kappa shape index (κ3) is 8.24. The van der Waals surface area contributed by atoms with Crippen molar-refractivity contribution in [2.24, 2.45) is 0 Å². The van der Waals surface area contributed by atoms with Crippen LogP contribution in [0.3, 0.4) is 0 Å². The van der Waals surface area contributed by atoms with E-state index in [4.69, 9.17) is 14.2 Å². The number of rotatable bonds is 9. The lowest BCUT2D eigenvalue weighted by molar-refractivity contribution is -0.143. The third-order valence-electron chi connectivity index (χ3n) is 5.62. The van der Waals surface area contributed by atoms with Crippen molar-refractivity contribution in [1.82, 2.24) is 9.88 Å². The second-order valence-corrected chi connectivity index (χ2v) is 9.71. The summed E-state index contributed by atoms with van der Waals surface area (Å²) in [6.45, 7) is 7.98. The lowest BCUT2D eigenvalue weighted by atomic mass is 9.98. The number of fused-ring (bicyclic) bond motifs is 1. The average Bonchev–Trinajstić information content (AvgIpc) is 2.82. The molecule has 1 amide bonds. The van der Waals surface area contributed by atoms with E-state index in [0.717, 1.165) is 29.7 Å². The molecular formula is C27H36N2O6. The Morgan fingerprint density at radius 1 is 1.29 bits per heavy atom. The first-order valence-corrected chi connectivity index (χ1v) is 12.1. The van der Waals surface area contributed by atoms with Gasteiger partial charge in [0.25, 0.3) is 0 Å². The van der Waals surface area contributed by atoms with Crippen molar-refractivity contribution in [3.8, 4) is 5.75 Å². The van der Waals surface area contributed by atoms with Crippen LogP contribution in [0.25, 0.3) is 0 Å². The van der Waals surface area contributed by atoms with Gasteiger partial charge in [-0.2, -0.15) is 0 Å². The normalized spacial score (nSPS) is 16.0. The SMILES string of the molecule is CCOC(=O)CCc1ccc2c(c1)CCC(CN(CC(O)c1cccnc1)C(=O)OC(C)(C)C)O2. The minimum Gasteiger partial charge on any atom is -0.488 e. The Morgan fingerprint density at radius 2 is 2.09 bits per heavy atom. The van der Waals surface area contributed by atoms with E-state index in [9.17, 15) is 14.7 Å². The number of hydrogen-bond donors (Lipinski definition) is 1. The summed E-state index contributed by atoms with van der Waals surface area (Å²) in [6, 6.07) is 9.47. The highest BCUT2D eigenvalue weighted by Gasteiger charge is 2.29. The van der Waals surface area contributed by atoms with Gasteiger partial charge in [-0.25, -0.2) is 4.79 Å². The van der Waals surface area contributed by atoms with Gasteiger partial charge in [-0.05, 0) is 70.2 Å². The van der Waals surface area contributed by atoms with Crippen LogP contribution in [0.2, 0.25) is 0 Å². The molecule has 8 heteroatoms. The summed E-state index contributed by atoms with van der Waals surface area (Å²) in [6.07, 6.45) is 4.08. The van der Waals surface area contributed by atoms with E-state index in [1.807, 2.05) is 32.9 Å². The van der Waals surface area contributed by atoms with E-state index < -0.39 is 17.8 Å². The monoisotopic (exact) mass is 484 g/mol. The number of benzene rings is 1. The van der Waals surface area contributed by atoms with Gasteiger partial charge in [0.05, 0.1) is 25.8 Å². The molecule has 0 radical (unpaired) electrons. The van der Waals surface area contributed by atoms with Crippen LogP contribution in [0.4, 0.5) is 4.79 Å². The Kier molecular flexibility index (Phi) is 9.09. The maximum atomic E-state index is 12.9. The number of nitrogens with zero attached hydrogens (tertiary/aromatic N) is 2. The van der Waals surface area contributed by atoms with Gasteiger partial charge in [0, 0.05) is 24.4 Å². The highest BCUT2D eigenvalue weighted by Crippen LogP contribution is 2.30. The van der Waals surface area contributed by atoms with E-state index >= 15 is 0 Å². The number of esters is 1. The summed E-state index contributed by atoms with van der Waals surface area (Å²) in [7, 11) is 0. The van der Waals surface area contributed by atoms with Gasteiger partial charge in [-0.3, -0.25) is 9.78 Å². The van der Waals surface area contributed by atoms with Gasteiger partial charge in [0.15, 0.2) is 0 Å². The van der Waals surface area contributed by atoms with Crippen LogP contribution in [0.5, 0.6) is 5.75 Å². The second-order valence-electron chi connectivity index (χ2n) is 9.71. The van der Waals surface area contributed by atoms with E-state index in [-0.39, 0.29) is 25.2 Å². The number of pyridine rings is 1. The van der Waals surface area contributed by atoms with Crippen LogP contribution in [-0.2, 0) is 27.1 Å². The van der Waals surface area contributed by atoms with E-state index in [1.54, 1.807) is 31.5 Å². The third-order valence-corrected chi connectivity index (χ3v) is 5.62. The van der Waals surface area contributed by atoms with Gasteiger partial charge in [-0.15, -0.1) is 0 Å². The molecule has 190 valence electrons. The van der Waals surface area contributed by atoms with Gasteiger partial charge in [-0.1, -0.05) is 18.2 Å². The molecule has 1 aliphatic rings. The van der Waals surface area contributed by atoms with Crippen LogP contribution >= 0.6 is 0 Å². The Bertz CT molecular complexity index is 989. The molecule has 0 spiro atoms. The van der Waals surface area contributed by atoms with Crippen LogP contribution in [0.15, 0.2) is 42.7 Å². The van der Waals surface area contributed by atoms with Crippen molar-refractivity contribution in [3.05, 3.63) is 59.4 Å². The molecule has 1 aromatic heterocycles. The highest BCUT2D eigenvalue weighted by molar-refractivity contribution is 5.69. The zero-order valence-corrected chi connectivity index (χ0v) is 21.0. The fraction of sp³-hybridized carbons (Fsp3) is 0.519. The molecule has 0 saturated carbocycles. The van der Waals surface area contributed by atoms with Crippen molar-refractivity contribution in [2.75, 3.05) is 19.7 Å². The standard InChI is InChI=1S/C27H36N2O6/c1-5-33-25(31)13-9-19-8-12-24-20(15-19)10-11-22(34-24)17-29(26(32)35-27(2,3)4)18-23(30)21-7-6-14-28-16-21/h6-8,12,14-16,22-23,30H,5,9-11,13,17-18H2,1-4H3. The molecule has 0 bridgehead atoms. The summed E-state index contributed by atoms with van der Waals surface area (Å²) in [5, 5.41) is 10.7. The molecule has 0 saturated heterocycles. The number of ether oxygens (including phenoxy) is 3. The van der Waals surface area contributed by atoms with Crippen LogP contribution in [0.1, 0.15) is 63.3 Å². The number of carbonyl (C=O) groups excluding carboxylic acids is 2. The zero-order chi connectivity index (χ0) is 25.4. The van der Waals surface area contributed by atoms with Crippen molar-refractivity contribution in [3.63, 3.8) is 0 Å². The van der Waals surface area contributed by atoms with Crippen molar-refractivity contribution in [1.29, 1.82) is 0 Å². The second kappa shape index (κ2) is 12.0. The predicted molar refractivity (Wildman–Crippen MR) is 131 cm³/mol. The number of carbonyl (C=O) groups is 2. The van der Waals surface area contributed by atoms with Crippen molar-refractivity contribution >= 4 is 12.1 Å². The quantitative estimate of drug-likeness (QED) is 0.532. The number of aliphatic hydroxyl groups is 1. The first-order valence-electron chi connectivity index (χ1n) is 12.1. The number of amides is 1. The fourth-order valence-electron chi connectivity index (χ4n) is 3.94. The van der Waals surface area contributed by atoms with Gasteiger partial charge in [0.2, 0.25) is 0 Å². The topological polar surface area (TPSA) is 98.2 Å². The lowest BCUT2D eigenvalue weighted by Gasteiger charge is -2.33. The minimum absolute atomic E-state index is 0.0696. The van der Waals surface area contributed by atoms with Gasteiger partial charge >= 0.3 is 12.1 Å². The number of aliphatic hydroxyl groups excluding tert-OH is 1. The summed E-state index contributed by atoms with van der Waals surface area (Å²) in [5.41, 5.74) is 2.12. The zero-order valence-electron chi connectivity index (χ0n) is 21.0. The van der Waals surface area contributed by atoms with E-state index in [1.165, 1.54) is 4.90 Å². The van der Waals surface area contributed by atoms with Gasteiger partial charge < -0.3 is 24.2 Å². The van der Waals surface area contributed by atoms with E-state index in [2.05, 4.69) is 11.1 Å². The predicted octanol–water partition coefficient (Wildman–Crippen LogP) is 4.24. The Balaban J connectivity index is 1.66. The first-order chi connectivity index (χ1) is 16.6. The summed E-state index contributed by atoms with van der Waals surface area (Å²) >= 11 is 0. The Labute approximate surface area is 207 Å². The highest BCUT2D eigenvalue weighted by atomic mass is 16.6. The molecule has 35 heavy (non-hydrogen) atoms. The Hall–Kier alpha value is -3.13. The largest absolute Gasteiger partial charge is 0.488 e. The minimum atomic E-state index is -0.894. The number of hydrogen-bond acceptors (Lipinski definition) is 7. The molecule has 0 fully saturated rings. The smallest absolute Gasteiger partial charge is 0.410 e. The van der Waals surface area contributed by atoms with Crippen molar-refractivity contribution < 1.29 is 28.9 Å². The average molecular weight is 485 g/mol. The molecule has 1 N–H and O–H groups in total. The fourth-order valence-corrected chi connectivity index (χ4v) is 3.94. The van der Waals surface area contributed by atoms with Crippen molar-refractivity contribution in [2.45, 2.75) is 71.2 Å². The summed E-state index contributed by atoms with van der Waals surface area (Å²) in [4.78, 5) is 30.2. The molecule has 1 aromatic carbocycles. The first kappa shape index (κ1) is 26.5. The molecule has 8 nitrogen and oxygen atoms in total. The maximum Gasteiger partial charge on any atom is 0.410 e. The van der Waals surface area contributed by atoms with Crippen LogP contribution in [-0.4, -0.2) is 58.5 Å².